The van der Waals surface area contributed by atoms with Gasteiger partial charge in [0.2, 0.25) is 0 Å². The van der Waals surface area contributed by atoms with Gasteiger partial charge >= 0.3 is 0 Å². The highest BCUT2D eigenvalue weighted by molar-refractivity contribution is 7.87. The smallest absolute Gasteiger partial charge is 0.202 e. The molecule has 0 aromatic heterocycles. The van der Waals surface area contributed by atoms with Crippen molar-refractivity contribution in [2.45, 2.75) is 13.8 Å². The Balaban J connectivity index is 3.78. The molecule has 0 fully saturated rings. The van der Waals surface area contributed by atoms with Gasteiger partial charge in [0, 0.05) is 24.5 Å². The van der Waals surface area contributed by atoms with E-state index in [0.717, 1.165) is 0 Å². The lowest BCUT2D eigenvalue weighted by atomic mass is 10.2. The molecule has 0 unspecified atom stereocenters. The van der Waals surface area contributed by atoms with Gasteiger partial charge in [-0.2, -0.15) is 8.42 Å². The Hall–Kier alpha value is -0.820. The molecule has 8 heteroatoms. The predicted octanol–water partition coefficient (Wildman–Crippen LogP) is 0.377. The van der Waals surface area contributed by atoms with Crippen LogP contribution in [0.25, 0.3) is 10.4 Å². The predicted molar refractivity (Wildman–Crippen MR) is 53.8 cm³/mol. The molecule has 0 aliphatic heterocycles. The van der Waals surface area contributed by atoms with Crippen LogP contribution in [0.2, 0.25) is 0 Å². The first-order valence-electron chi connectivity index (χ1n) is 4.23. The molecule has 0 aromatic carbocycles. The Bertz CT molecular complexity index is 293. The van der Waals surface area contributed by atoms with Crippen LogP contribution in [0.4, 0.5) is 0 Å². The standard InChI is InChI=1S/C6H15N5O2S/c1-6(2)5-10-14(12,13)9-4-3-8-11-7/h6,9-10H,3-5H2,1-2H3. The number of hydrogen-bond donors (Lipinski definition) is 2. The van der Waals surface area contributed by atoms with E-state index in [-0.39, 0.29) is 19.0 Å². The van der Waals surface area contributed by atoms with Crippen LogP contribution in [0.1, 0.15) is 13.8 Å². The summed E-state index contributed by atoms with van der Waals surface area (Å²) in [5, 5.41) is 3.20. The van der Waals surface area contributed by atoms with Crippen molar-refractivity contribution in [3.05, 3.63) is 10.4 Å². The summed E-state index contributed by atoms with van der Waals surface area (Å²) >= 11 is 0. The molecule has 0 saturated carbocycles. The first-order valence-corrected chi connectivity index (χ1v) is 5.71. The first kappa shape index (κ1) is 13.2. The third-order valence-corrected chi connectivity index (χ3v) is 2.38. The minimum absolute atomic E-state index is 0.109. The fourth-order valence-corrected chi connectivity index (χ4v) is 1.62. The number of nitrogens with zero attached hydrogens (tertiary/aromatic N) is 3. The van der Waals surface area contributed by atoms with Gasteiger partial charge in [-0.25, -0.2) is 9.44 Å². The van der Waals surface area contributed by atoms with Crippen LogP contribution in [0.15, 0.2) is 5.11 Å². The van der Waals surface area contributed by atoms with Crippen molar-refractivity contribution in [1.82, 2.24) is 9.44 Å². The summed E-state index contributed by atoms with van der Waals surface area (Å²) in [6.07, 6.45) is 0. The summed E-state index contributed by atoms with van der Waals surface area (Å²) in [6, 6.07) is 0. The van der Waals surface area contributed by atoms with Crippen LogP contribution in [0.5, 0.6) is 0 Å². The zero-order chi connectivity index (χ0) is 11.0. The van der Waals surface area contributed by atoms with Crippen LogP contribution in [-0.2, 0) is 10.2 Å². The number of nitrogens with one attached hydrogen (secondary N) is 2. The normalized spacial score (nSPS) is 11.4. The fraction of sp³-hybridized carbons (Fsp3) is 1.00. The van der Waals surface area contributed by atoms with E-state index in [0.29, 0.717) is 6.54 Å². The molecule has 0 aliphatic rings. The summed E-state index contributed by atoms with van der Waals surface area (Å²) in [6.45, 7) is 4.42. The van der Waals surface area contributed by atoms with Gasteiger partial charge in [0.05, 0.1) is 0 Å². The lowest BCUT2D eigenvalue weighted by molar-refractivity contribution is 0.548. The summed E-state index contributed by atoms with van der Waals surface area (Å²) in [5.74, 6) is 0.253. The molecule has 0 bridgehead atoms. The van der Waals surface area contributed by atoms with Crippen molar-refractivity contribution >= 4 is 10.2 Å². The van der Waals surface area contributed by atoms with E-state index >= 15 is 0 Å². The van der Waals surface area contributed by atoms with Crippen LogP contribution in [0, 0.1) is 5.92 Å². The van der Waals surface area contributed by atoms with Crippen LogP contribution in [-0.4, -0.2) is 28.1 Å². The molecule has 0 aromatic rings. The molecule has 0 aliphatic carbocycles. The third-order valence-electron chi connectivity index (χ3n) is 1.25. The molecule has 0 saturated heterocycles. The summed E-state index contributed by atoms with van der Waals surface area (Å²) in [7, 11) is -3.44. The SMILES string of the molecule is CC(C)CNS(=O)(=O)NCCN=[N+]=[N-]. The molecule has 0 radical (unpaired) electrons. The van der Waals surface area contributed by atoms with E-state index < -0.39 is 10.2 Å². The quantitative estimate of drug-likeness (QED) is 0.280. The van der Waals surface area contributed by atoms with Gasteiger partial charge < -0.3 is 0 Å². The van der Waals surface area contributed by atoms with E-state index in [2.05, 4.69) is 19.5 Å². The van der Waals surface area contributed by atoms with E-state index in [1.54, 1.807) is 0 Å². The van der Waals surface area contributed by atoms with Gasteiger partial charge in [0.15, 0.2) is 0 Å². The maximum absolute atomic E-state index is 11.1. The second kappa shape index (κ2) is 6.61. The molecule has 14 heavy (non-hydrogen) atoms. The third kappa shape index (κ3) is 7.81. The second-order valence-corrected chi connectivity index (χ2v) is 4.68. The largest absolute Gasteiger partial charge is 0.276 e. The molecule has 0 heterocycles. The van der Waals surface area contributed by atoms with Crippen molar-refractivity contribution in [1.29, 1.82) is 0 Å². The summed E-state index contributed by atoms with van der Waals surface area (Å²) in [4.78, 5) is 2.50. The molecular formula is C6H15N5O2S. The first-order chi connectivity index (χ1) is 6.48. The van der Waals surface area contributed by atoms with Crippen LogP contribution < -0.4 is 9.44 Å². The molecule has 0 rings (SSSR count). The highest BCUT2D eigenvalue weighted by Gasteiger charge is 2.07. The molecular weight excluding hydrogens is 206 g/mol. The molecule has 0 spiro atoms. The van der Waals surface area contributed by atoms with Gasteiger partial charge in [-0.1, -0.05) is 19.0 Å². The highest BCUT2D eigenvalue weighted by atomic mass is 32.2. The van der Waals surface area contributed by atoms with E-state index in [9.17, 15) is 8.42 Å². The fourth-order valence-electron chi connectivity index (χ4n) is 0.602. The summed E-state index contributed by atoms with van der Waals surface area (Å²) < 4.78 is 26.9. The van der Waals surface area contributed by atoms with Crippen LogP contribution >= 0.6 is 0 Å². The highest BCUT2D eigenvalue weighted by Crippen LogP contribution is 1.88. The van der Waals surface area contributed by atoms with E-state index in [1.807, 2.05) is 13.8 Å². The Morgan fingerprint density at radius 2 is 2.07 bits per heavy atom. The zero-order valence-corrected chi connectivity index (χ0v) is 9.08. The molecule has 2 N–H and O–H groups in total. The Morgan fingerprint density at radius 1 is 1.43 bits per heavy atom. The second-order valence-electron chi connectivity index (χ2n) is 3.09. The number of hydrogen-bond acceptors (Lipinski definition) is 3. The lowest BCUT2D eigenvalue weighted by Crippen LogP contribution is -2.39. The average Bonchev–Trinajstić information content (AvgIpc) is 2.10. The van der Waals surface area contributed by atoms with Gasteiger partial charge in [-0.15, -0.1) is 0 Å². The molecule has 0 amide bonds. The Labute approximate surface area is 83.7 Å². The van der Waals surface area contributed by atoms with Gasteiger partial charge in [-0.3, -0.25) is 0 Å². The Kier molecular flexibility index (Phi) is 6.22. The van der Waals surface area contributed by atoms with Gasteiger partial charge in [0.1, 0.15) is 0 Å². The minimum Gasteiger partial charge on any atom is -0.202 e. The molecule has 7 nitrogen and oxygen atoms in total. The van der Waals surface area contributed by atoms with E-state index in [1.165, 1.54) is 0 Å². The topological polar surface area (TPSA) is 107 Å². The minimum atomic E-state index is -3.44. The van der Waals surface area contributed by atoms with Crippen molar-refractivity contribution in [3.63, 3.8) is 0 Å². The van der Waals surface area contributed by atoms with Crippen molar-refractivity contribution < 1.29 is 8.42 Å². The van der Waals surface area contributed by atoms with Gasteiger partial charge in [0.25, 0.3) is 10.2 Å². The Morgan fingerprint density at radius 3 is 2.57 bits per heavy atom. The van der Waals surface area contributed by atoms with Crippen molar-refractivity contribution in [2.24, 2.45) is 11.0 Å². The number of rotatable bonds is 7. The van der Waals surface area contributed by atoms with Gasteiger partial charge in [-0.05, 0) is 11.4 Å². The van der Waals surface area contributed by atoms with E-state index in [4.69, 9.17) is 5.53 Å². The van der Waals surface area contributed by atoms with Crippen LogP contribution in [0.3, 0.4) is 0 Å². The van der Waals surface area contributed by atoms with Crippen molar-refractivity contribution in [2.75, 3.05) is 19.6 Å². The lowest BCUT2D eigenvalue weighted by Gasteiger charge is -2.08. The van der Waals surface area contributed by atoms with Crippen molar-refractivity contribution in [3.8, 4) is 0 Å². The summed E-state index contributed by atoms with van der Waals surface area (Å²) in [5.41, 5.74) is 7.94. The maximum Gasteiger partial charge on any atom is 0.276 e. The number of azide groups is 1. The average molecular weight is 221 g/mol. The zero-order valence-electron chi connectivity index (χ0n) is 8.27. The monoisotopic (exact) mass is 221 g/mol. The molecule has 82 valence electrons. The molecule has 0 atom stereocenters. The maximum atomic E-state index is 11.1.